The summed E-state index contributed by atoms with van der Waals surface area (Å²) in [5, 5.41) is 8.90. The van der Waals surface area contributed by atoms with Crippen LogP contribution in [0.1, 0.15) is 6.92 Å². The largest absolute Gasteiger partial charge is 0.490 e. The van der Waals surface area contributed by atoms with Crippen molar-refractivity contribution in [3.05, 3.63) is 54.6 Å². The second-order valence-electron chi connectivity index (χ2n) is 4.68. The van der Waals surface area contributed by atoms with Crippen molar-refractivity contribution in [3.63, 3.8) is 0 Å². The smallest absolute Gasteiger partial charge is 0.135 e. The highest BCUT2D eigenvalue weighted by molar-refractivity contribution is 5.70. The second kappa shape index (κ2) is 5.55. The summed E-state index contributed by atoms with van der Waals surface area (Å²) in [5.74, 6) is 0.737. The van der Waals surface area contributed by atoms with E-state index in [1.54, 1.807) is 6.92 Å². The molecule has 0 aliphatic carbocycles. The Bertz CT molecular complexity index is 585. The highest BCUT2D eigenvalue weighted by Crippen LogP contribution is 2.29. The molecule has 3 nitrogen and oxygen atoms in total. The van der Waals surface area contributed by atoms with Gasteiger partial charge in [0.15, 0.2) is 0 Å². The van der Waals surface area contributed by atoms with Crippen molar-refractivity contribution in [3.8, 4) is 22.9 Å². The van der Waals surface area contributed by atoms with Crippen LogP contribution in [0.5, 0.6) is 5.75 Å². The first-order chi connectivity index (χ1) is 9.12. The summed E-state index contributed by atoms with van der Waals surface area (Å²) >= 11 is 0. The summed E-state index contributed by atoms with van der Waals surface area (Å²) < 4.78 is 5.70. The van der Waals surface area contributed by atoms with E-state index < -0.39 is 5.54 Å². The van der Waals surface area contributed by atoms with Crippen molar-refractivity contribution in [2.45, 2.75) is 12.5 Å². The predicted molar refractivity (Wildman–Crippen MR) is 75.6 cm³/mol. The third-order valence-electron chi connectivity index (χ3n) is 2.75. The monoisotopic (exact) mass is 252 g/mol. The van der Waals surface area contributed by atoms with Gasteiger partial charge < -0.3 is 10.5 Å². The second-order valence-corrected chi connectivity index (χ2v) is 4.68. The van der Waals surface area contributed by atoms with Gasteiger partial charge in [-0.2, -0.15) is 5.26 Å². The van der Waals surface area contributed by atoms with E-state index in [4.69, 9.17) is 15.7 Å². The van der Waals surface area contributed by atoms with E-state index in [9.17, 15) is 0 Å². The maximum absolute atomic E-state index is 8.90. The van der Waals surface area contributed by atoms with Gasteiger partial charge in [0.25, 0.3) is 0 Å². The standard InChI is InChI=1S/C16H16N2O/c1-16(18,11-17)12-19-15-10-6-5-9-14(15)13-7-3-2-4-8-13/h2-10H,12,18H2,1H3. The Kier molecular flexibility index (Phi) is 3.84. The lowest BCUT2D eigenvalue weighted by atomic mass is 10.0. The zero-order valence-corrected chi connectivity index (χ0v) is 10.8. The molecule has 2 N–H and O–H groups in total. The summed E-state index contributed by atoms with van der Waals surface area (Å²) in [6.07, 6.45) is 0. The molecule has 0 aliphatic rings. The fourth-order valence-electron chi connectivity index (χ4n) is 1.71. The number of nitrogens with zero attached hydrogens (tertiary/aromatic N) is 1. The molecule has 2 aromatic carbocycles. The summed E-state index contributed by atoms with van der Waals surface area (Å²) in [4.78, 5) is 0. The lowest BCUT2D eigenvalue weighted by molar-refractivity contribution is 0.266. The van der Waals surface area contributed by atoms with Gasteiger partial charge in [0, 0.05) is 5.56 Å². The average Bonchev–Trinajstić information content (AvgIpc) is 2.46. The maximum atomic E-state index is 8.90. The van der Waals surface area contributed by atoms with Crippen LogP contribution in [0, 0.1) is 11.3 Å². The average molecular weight is 252 g/mol. The molecule has 0 aromatic heterocycles. The normalized spacial score (nSPS) is 13.3. The minimum atomic E-state index is -0.982. The lowest BCUT2D eigenvalue weighted by Crippen LogP contribution is -2.40. The highest BCUT2D eigenvalue weighted by atomic mass is 16.5. The molecule has 1 atom stereocenters. The molecule has 0 aliphatic heterocycles. The van der Waals surface area contributed by atoms with Crippen LogP contribution in [0.3, 0.4) is 0 Å². The van der Waals surface area contributed by atoms with Gasteiger partial charge in [-0.1, -0.05) is 48.5 Å². The third-order valence-corrected chi connectivity index (χ3v) is 2.75. The zero-order valence-electron chi connectivity index (χ0n) is 10.8. The Balaban J connectivity index is 2.26. The number of nitriles is 1. The number of hydrogen-bond acceptors (Lipinski definition) is 3. The third kappa shape index (κ3) is 3.34. The maximum Gasteiger partial charge on any atom is 0.135 e. The van der Waals surface area contributed by atoms with Gasteiger partial charge in [-0.3, -0.25) is 0 Å². The molecule has 0 saturated carbocycles. The molecule has 0 fully saturated rings. The van der Waals surface area contributed by atoms with Gasteiger partial charge >= 0.3 is 0 Å². The van der Waals surface area contributed by atoms with Crippen LogP contribution in [0.2, 0.25) is 0 Å². The number of ether oxygens (including phenoxy) is 1. The number of para-hydroxylation sites is 1. The van der Waals surface area contributed by atoms with Gasteiger partial charge in [0.1, 0.15) is 17.9 Å². The van der Waals surface area contributed by atoms with Gasteiger partial charge in [-0.25, -0.2) is 0 Å². The number of hydrogen-bond donors (Lipinski definition) is 1. The number of benzene rings is 2. The minimum absolute atomic E-state index is 0.160. The van der Waals surface area contributed by atoms with E-state index in [1.807, 2.05) is 60.7 Å². The summed E-state index contributed by atoms with van der Waals surface area (Å²) in [6.45, 7) is 1.81. The summed E-state index contributed by atoms with van der Waals surface area (Å²) in [5.41, 5.74) is 6.86. The molecule has 2 rings (SSSR count). The van der Waals surface area contributed by atoms with Crippen molar-refractivity contribution in [1.82, 2.24) is 0 Å². The SMILES string of the molecule is CC(N)(C#N)COc1ccccc1-c1ccccc1. The van der Waals surface area contributed by atoms with Crippen LogP contribution in [-0.4, -0.2) is 12.1 Å². The molecule has 2 aromatic rings. The van der Waals surface area contributed by atoms with E-state index in [2.05, 4.69) is 0 Å². The molecule has 0 bridgehead atoms. The van der Waals surface area contributed by atoms with Crippen LogP contribution in [0.25, 0.3) is 11.1 Å². The topological polar surface area (TPSA) is 59.0 Å². The van der Waals surface area contributed by atoms with E-state index in [1.165, 1.54) is 0 Å². The van der Waals surface area contributed by atoms with Gasteiger partial charge in [-0.05, 0) is 18.6 Å². The number of rotatable bonds is 4. The summed E-state index contributed by atoms with van der Waals surface area (Å²) in [7, 11) is 0. The van der Waals surface area contributed by atoms with Crippen molar-refractivity contribution in [1.29, 1.82) is 5.26 Å². The van der Waals surface area contributed by atoms with Crippen LogP contribution in [-0.2, 0) is 0 Å². The molecule has 96 valence electrons. The predicted octanol–water partition coefficient (Wildman–Crippen LogP) is 2.97. The Hall–Kier alpha value is -2.31. The Morgan fingerprint density at radius 3 is 2.42 bits per heavy atom. The van der Waals surface area contributed by atoms with Crippen molar-refractivity contribution < 1.29 is 4.74 Å². The van der Waals surface area contributed by atoms with Gasteiger partial charge in [-0.15, -0.1) is 0 Å². The van der Waals surface area contributed by atoms with E-state index in [0.717, 1.165) is 16.9 Å². The van der Waals surface area contributed by atoms with Crippen LogP contribution in [0.4, 0.5) is 0 Å². The molecule has 1 unspecified atom stereocenters. The van der Waals surface area contributed by atoms with E-state index >= 15 is 0 Å². The van der Waals surface area contributed by atoms with Crippen LogP contribution >= 0.6 is 0 Å². The van der Waals surface area contributed by atoms with Crippen molar-refractivity contribution in [2.75, 3.05) is 6.61 Å². The molecule has 0 amide bonds. The first-order valence-corrected chi connectivity index (χ1v) is 6.10. The first kappa shape index (κ1) is 13.1. The Labute approximate surface area is 113 Å². The molecule has 19 heavy (non-hydrogen) atoms. The Morgan fingerprint density at radius 2 is 1.74 bits per heavy atom. The van der Waals surface area contributed by atoms with Crippen molar-refractivity contribution >= 4 is 0 Å². The quantitative estimate of drug-likeness (QED) is 0.910. The van der Waals surface area contributed by atoms with E-state index in [-0.39, 0.29) is 6.61 Å². The molecule has 0 saturated heterocycles. The molecule has 0 heterocycles. The van der Waals surface area contributed by atoms with Crippen LogP contribution in [0.15, 0.2) is 54.6 Å². The molecular formula is C16H16N2O. The number of nitrogens with two attached hydrogens (primary N) is 1. The fourth-order valence-corrected chi connectivity index (χ4v) is 1.71. The van der Waals surface area contributed by atoms with Crippen molar-refractivity contribution in [2.24, 2.45) is 5.73 Å². The molecule has 3 heteroatoms. The van der Waals surface area contributed by atoms with E-state index in [0.29, 0.717) is 0 Å². The van der Waals surface area contributed by atoms with Gasteiger partial charge in [0.2, 0.25) is 0 Å². The summed E-state index contributed by atoms with van der Waals surface area (Å²) in [6, 6.07) is 19.7. The zero-order chi connectivity index (χ0) is 13.7. The van der Waals surface area contributed by atoms with Crippen LogP contribution < -0.4 is 10.5 Å². The first-order valence-electron chi connectivity index (χ1n) is 6.10. The molecule has 0 radical (unpaired) electrons. The van der Waals surface area contributed by atoms with Gasteiger partial charge in [0.05, 0.1) is 6.07 Å². The molecular weight excluding hydrogens is 236 g/mol. The highest BCUT2D eigenvalue weighted by Gasteiger charge is 2.19. The fraction of sp³-hybridized carbons (Fsp3) is 0.188. The lowest BCUT2D eigenvalue weighted by Gasteiger charge is -2.18. The minimum Gasteiger partial charge on any atom is -0.490 e. The molecule has 0 spiro atoms. The Morgan fingerprint density at radius 1 is 1.11 bits per heavy atom.